The number of imide groups is 1. The molecule has 4 rings (SSSR count). The Bertz CT molecular complexity index is 1080. The van der Waals surface area contributed by atoms with Crippen molar-refractivity contribution in [2.45, 2.75) is 45.6 Å². The second-order valence-electron chi connectivity index (χ2n) is 8.47. The summed E-state index contributed by atoms with van der Waals surface area (Å²) in [5, 5.41) is 0.183. The van der Waals surface area contributed by atoms with E-state index in [1.165, 1.54) is 24.2 Å². The van der Waals surface area contributed by atoms with Gasteiger partial charge in [-0.3, -0.25) is 14.5 Å². The summed E-state index contributed by atoms with van der Waals surface area (Å²) in [5.41, 5.74) is 1.69. The number of amides is 2. The lowest BCUT2D eigenvalue weighted by Crippen LogP contribution is -2.34. The van der Waals surface area contributed by atoms with Gasteiger partial charge in [0.05, 0.1) is 16.5 Å². The zero-order chi connectivity index (χ0) is 24.1. The molecule has 0 unspecified atom stereocenters. The van der Waals surface area contributed by atoms with Crippen molar-refractivity contribution in [1.82, 2.24) is 4.90 Å². The second kappa shape index (κ2) is 11.6. The Balaban J connectivity index is 1.51. The molecule has 180 valence electrons. The molecular weight excluding hydrogens is 538 g/mol. The largest absolute Gasteiger partial charge is 0.490 e. The van der Waals surface area contributed by atoms with Crippen LogP contribution in [0, 0.1) is 5.92 Å². The molecule has 0 N–H and O–H groups in total. The number of thioether (sulfide) groups is 1. The van der Waals surface area contributed by atoms with E-state index < -0.39 is 0 Å². The van der Waals surface area contributed by atoms with Crippen LogP contribution in [-0.2, 0) is 11.4 Å². The number of ether oxygens (including phenoxy) is 2. The minimum Gasteiger partial charge on any atom is -0.490 e. The lowest BCUT2D eigenvalue weighted by atomic mass is 9.89. The molecule has 0 spiro atoms. The monoisotopic (exact) mass is 563 g/mol. The Morgan fingerprint density at radius 1 is 1.12 bits per heavy atom. The second-order valence-corrected chi connectivity index (χ2v) is 10.8. The van der Waals surface area contributed by atoms with Crippen molar-refractivity contribution < 1.29 is 19.1 Å². The topological polar surface area (TPSA) is 55.8 Å². The van der Waals surface area contributed by atoms with Gasteiger partial charge in [-0.15, -0.1) is 0 Å². The molecule has 2 aromatic carbocycles. The van der Waals surface area contributed by atoms with E-state index in [-0.39, 0.29) is 11.1 Å². The molecule has 2 aliphatic rings. The molecule has 1 saturated carbocycles. The fourth-order valence-electron chi connectivity index (χ4n) is 4.25. The van der Waals surface area contributed by atoms with Crippen LogP contribution in [0.3, 0.4) is 0 Å². The van der Waals surface area contributed by atoms with Crippen molar-refractivity contribution in [2.75, 3.05) is 13.2 Å². The van der Waals surface area contributed by atoms with Gasteiger partial charge in [-0.1, -0.05) is 58.9 Å². The lowest BCUT2D eigenvalue weighted by molar-refractivity contribution is -0.123. The molecule has 2 amide bonds. The van der Waals surface area contributed by atoms with Gasteiger partial charge in [0, 0.05) is 11.0 Å². The highest BCUT2D eigenvalue weighted by molar-refractivity contribution is 9.10. The van der Waals surface area contributed by atoms with Crippen LogP contribution in [-0.4, -0.2) is 29.2 Å². The average molecular weight is 565 g/mol. The molecule has 1 heterocycles. The predicted octanol–water partition coefficient (Wildman–Crippen LogP) is 7.70. The van der Waals surface area contributed by atoms with E-state index in [1.54, 1.807) is 18.2 Å². The van der Waals surface area contributed by atoms with Gasteiger partial charge in [-0.05, 0) is 78.9 Å². The fourth-order valence-corrected chi connectivity index (χ4v) is 5.63. The highest BCUT2D eigenvalue weighted by atomic mass is 79.9. The van der Waals surface area contributed by atoms with Crippen LogP contribution in [0.2, 0.25) is 5.02 Å². The van der Waals surface area contributed by atoms with Gasteiger partial charge in [-0.25, -0.2) is 0 Å². The Morgan fingerprint density at radius 3 is 2.56 bits per heavy atom. The average Bonchev–Trinajstić information content (AvgIpc) is 3.08. The van der Waals surface area contributed by atoms with Crippen molar-refractivity contribution in [3.05, 3.63) is 61.9 Å². The van der Waals surface area contributed by atoms with E-state index in [1.807, 2.05) is 31.2 Å². The van der Waals surface area contributed by atoms with Crippen LogP contribution < -0.4 is 9.47 Å². The summed E-state index contributed by atoms with van der Waals surface area (Å²) in [5.74, 6) is 1.13. The lowest BCUT2D eigenvalue weighted by Gasteiger charge is -2.25. The number of carbonyl (C=O) groups excluding carboxylic acids is 2. The van der Waals surface area contributed by atoms with Crippen LogP contribution in [0.4, 0.5) is 4.79 Å². The molecule has 8 heteroatoms. The molecule has 0 radical (unpaired) electrons. The molecule has 0 bridgehead atoms. The van der Waals surface area contributed by atoms with Crippen molar-refractivity contribution in [1.29, 1.82) is 0 Å². The molecule has 2 fully saturated rings. The van der Waals surface area contributed by atoms with E-state index in [2.05, 4.69) is 15.9 Å². The highest BCUT2D eigenvalue weighted by Gasteiger charge is 2.36. The van der Waals surface area contributed by atoms with Crippen molar-refractivity contribution in [2.24, 2.45) is 5.92 Å². The number of halogens is 2. The summed E-state index contributed by atoms with van der Waals surface area (Å²) in [6, 6.07) is 11.4. The number of benzene rings is 2. The minimum absolute atomic E-state index is 0.201. The SMILES string of the molecule is CCOc1cc(/C=C2/SC(=O)N(CC3CCCCC3)C2=O)cc(Cl)c1OCc1ccc(Br)cc1. The maximum absolute atomic E-state index is 13.0. The fraction of sp³-hybridized carbons (Fsp3) is 0.385. The third kappa shape index (κ3) is 6.18. The molecule has 0 atom stereocenters. The number of hydrogen-bond acceptors (Lipinski definition) is 5. The number of nitrogens with zero attached hydrogens (tertiary/aromatic N) is 1. The van der Waals surface area contributed by atoms with Gasteiger partial charge in [0.25, 0.3) is 11.1 Å². The van der Waals surface area contributed by atoms with Gasteiger partial charge in [0.15, 0.2) is 11.5 Å². The maximum Gasteiger partial charge on any atom is 0.293 e. The first-order valence-corrected chi connectivity index (χ1v) is 13.5. The van der Waals surface area contributed by atoms with Gasteiger partial charge >= 0.3 is 0 Å². The highest BCUT2D eigenvalue weighted by Crippen LogP contribution is 2.40. The number of hydrogen-bond donors (Lipinski definition) is 0. The summed E-state index contributed by atoms with van der Waals surface area (Å²) in [6.45, 7) is 3.17. The smallest absolute Gasteiger partial charge is 0.293 e. The quantitative estimate of drug-likeness (QED) is 0.308. The Morgan fingerprint density at radius 2 is 1.85 bits per heavy atom. The molecule has 34 heavy (non-hydrogen) atoms. The van der Waals surface area contributed by atoms with E-state index in [9.17, 15) is 9.59 Å². The van der Waals surface area contributed by atoms with Gasteiger partial charge in [0.1, 0.15) is 6.61 Å². The molecular formula is C26H27BrClNO4S. The Hall–Kier alpha value is -1.96. The van der Waals surface area contributed by atoms with E-state index in [4.69, 9.17) is 21.1 Å². The van der Waals surface area contributed by atoms with Crippen LogP contribution >= 0.6 is 39.3 Å². The van der Waals surface area contributed by atoms with Crippen LogP contribution in [0.1, 0.15) is 50.2 Å². The van der Waals surface area contributed by atoms with Crippen LogP contribution in [0.15, 0.2) is 45.8 Å². The normalized spacial score (nSPS) is 18.1. The van der Waals surface area contributed by atoms with Crippen LogP contribution in [0.5, 0.6) is 11.5 Å². The zero-order valence-corrected chi connectivity index (χ0v) is 22.2. The first kappa shape index (κ1) is 25.1. The van der Waals surface area contributed by atoms with Crippen molar-refractivity contribution in [3.63, 3.8) is 0 Å². The van der Waals surface area contributed by atoms with Gasteiger partial charge in [-0.2, -0.15) is 0 Å². The summed E-state index contributed by atoms with van der Waals surface area (Å²) >= 11 is 11.0. The van der Waals surface area contributed by atoms with Gasteiger partial charge in [0.2, 0.25) is 0 Å². The maximum atomic E-state index is 13.0. The first-order chi connectivity index (χ1) is 16.4. The molecule has 0 aromatic heterocycles. The summed E-state index contributed by atoms with van der Waals surface area (Å²) in [4.78, 5) is 27.3. The van der Waals surface area contributed by atoms with Crippen molar-refractivity contribution >= 4 is 56.5 Å². The summed E-state index contributed by atoms with van der Waals surface area (Å²) < 4.78 is 12.8. The zero-order valence-electron chi connectivity index (χ0n) is 19.0. The summed E-state index contributed by atoms with van der Waals surface area (Å²) in [6.07, 6.45) is 7.45. The third-order valence-electron chi connectivity index (χ3n) is 5.96. The van der Waals surface area contributed by atoms with E-state index in [0.717, 1.165) is 34.6 Å². The summed E-state index contributed by atoms with van der Waals surface area (Å²) in [7, 11) is 0. The molecule has 1 aliphatic heterocycles. The molecule has 1 saturated heterocycles. The molecule has 5 nitrogen and oxygen atoms in total. The van der Waals surface area contributed by atoms with Gasteiger partial charge < -0.3 is 9.47 Å². The number of rotatable bonds is 8. The molecule has 1 aliphatic carbocycles. The minimum atomic E-state index is -0.231. The molecule has 2 aromatic rings. The Labute approximate surface area is 218 Å². The standard InChI is InChI=1S/C26H27BrClNO4S/c1-2-32-22-13-19(12-21(28)24(22)33-16-18-8-10-20(27)11-9-18)14-23-25(30)29(26(31)34-23)15-17-6-4-3-5-7-17/h8-14,17H,2-7,15-16H2,1H3/b23-14+. The Kier molecular flexibility index (Phi) is 8.61. The first-order valence-electron chi connectivity index (χ1n) is 11.5. The third-order valence-corrected chi connectivity index (χ3v) is 7.68. The van der Waals surface area contributed by atoms with E-state index in [0.29, 0.717) is 52.7 Å². The predicted molar refractivity (Wildman–Crippen MR) is 140 cm³/mol. The van der Waals surface area contributed by atoms with E-state index >= 15 is 0 Å². The number of carbonyl (C=O) groups is 2. The van der Waals surface area contributed by atoms with Crippen LogP contribution in [0.25, 0.3) is 6.08 Å². The van der Waals surface area contributed by atoms with Crippen molar-refractivity contribution in [3.8, 4) is 11.5 Å².